The lowest BCUT2D eigenvalue weighted by molar-refractivity contribution is 0.473. The maximum atomic E-state index is 13.8. The summed E-state index contributed by atoms with van der Waals surface area (Å²) in [6.45, 7) is 0. The van der Waals surface area contributed by atoms with E-state index in [-0.39, 0.29) is 11.6 Å². The first-order valence-electron chi connectivity index (χ1n) is 10.0. The Hall–Kier alpha value is -4.52. The maximum absolute atomic E-state index is 13.8. The number of nitrogens with zero attached hydrogens (tertiary/aromatic N) is 3. The van der Waals surface area contributed by atoms with E-state index in [0.717, 1.165) is 44.2 Å². The highest BCUT2D eigenvalue weighted by Crippen LogP contribution is 2.33. The highest BCUT2D eigenvalue weighted by Gasteiger charge is 2.16. The fourth-order valence-corrected chi connectivity index (χ4v) is 3.99. The van der Waals surface area contributed by atoms with Crippen molar-refractivity contribution in [3.05, 3.63) is 84.9 Å². The van der Waals surface area contributed by atoms with E-state index in [1.165, 1.54) is 18.3 Å². The fourth-order valence-electron chi connectivity index (χ4n) is 3.99. The molecule has 0 amide bonds. The highest BCUT2D eigenvalue weighted by atomic mass is 19.1. The van der Waals surface area contributed by atoms with Crippen LogP contribution in [-0.4, -0.2) is 30.3 Å². The molecule has 0 aliphatic rings. The van der Waals surface area contributed by atoms with Crippen LogP contribution < -0.4 is 0 Å². The minimum Gasteiger partial charge on any atom is -0.506 e. The number of imidazole rings is 1. The fraction of sp³-hybridized carbons (Fsp3) is 0. The van der Waals surface area contributed by atoms with Gasteiger partial charge in [-0.1, -0.05) is 30.3 Å². The van der Waals surface area contributed by atoms with Crippen molar-refractivity contribution in [2.45, 2.75) is 0 Å². The molecule has 0 saturated heterocycles. The van der Waals surface area contributed by atoms with Crippen LogP contribution in [0.3, 0.4) is 0 Å². The van der Waals surface area contributed by atoms with Crippen molar-refractivity contribution in [3.8, 4) is 39.5 Å². The maximum Gasteiger partial charge on any atom is 0.159 e. The summed E-state index contributed by atoms with van der Waals surface area (Å²) in [4.78, 5) is 12.2. The molecule has 0 saturated carbocycles. The summed E-state index contributed by atoms with van der Waals surface area (Å²) in [6, 6.07) is 19.8. The molecule has 0 spiro atoms. The lowest BCUT2D eigenvalue weighted by atomic mass is 10.0. The van der Waals surface area contributed by atoms with E-state index < -0.39 is 0 Å². The molecule has 32 heavy (non-hydrogen) atoms. The number of rotatable bonds is 3. The molecule has 0 aliphatic carbocycles. The van der Waals surface area contributed by atoms with Gasteiger partial charge in [-0.05, 0) is 47.5 Å². The van der Waals surface area contributed by atoms with Crippen LogP contribution in [0.1, 0.15) is 0 Å². The molecule has 3 N–H and O–H groups in total. The first-order valence-corrected chi connectivity index (χ1v) is 10.0. The molecule has 7 heteroatoms. The summed E-state index contributed by atoms with van der Waals surface area (Å²) in [7, 11) is 0. The van der Waals surface area contributed by atoms with Crippen LogP contribution in [0.15, 0.2) is 79.1 Å². The number of hydrogen-bond donors (Lipinski definition) is 3. The Morgan fingerprint density at radius 2 is 1.72 bits per heavy atom. The molecule has 0 bridgehead atoms. The van der Waals surface area contributed by atoms with E-state index in [4.69, 9.17) is 4.98 Å². The van der Waals surface area contributed by atoms with Gasteiger partial charge in [0.05, 0.1) is 22.7 Å². The number of aromatic amines is 2. The second kappa shape index (κ2) is 7.02. The second-order valence-corrected chi connectivity index (χ2v) is 7.56. The molecule has 0 fully saturated rings. The number of aromatic hydroxyl groups is 1. The van der Waals surface area contributed by atoms with Gasteiger partial charge in [0.15, 0.2) is 5.82 Å². The van der Waals surface area contributed by atoms with Gasteiger partial charge in [-0.3, -0.25) is 10.1 Å². The number of hydrogen-bond acceptors (Lipinski definition) is 4. The van der Waals surface area contributed by atoms with E-state index >= 15 is 0 Å². The molecule has 6 aromatic rings. The van der Waals surface area contributed by atoms with Gasteiger partial charge in [-0.2, -0.15) is 5.10 Å². The number of halogens is 1. The van der Waals surface area contributed by atoms with Gasteiger partial charge in [-0.25, -0.2) is 9.37 Å². The monoisotopic (exact) mass is 421 g/mol. The van der Waals surface area contributed by atoms with Crippen molar-refractivity contribution in [1.82, 2.24) is 25.1 Å². The summed E-state index contributed by atoms with van der Waals surface area (Å²) < 4.78 is 13.8. The standard InChI is InChI=1S/C25H16FN5O/c26-17-4-1-3-15(9-17)19-5-2-6-22-23(19)29-25(28-22)24-20-11-14(7-8-21(20)30-31-24)16-10-18(32)13-27-12-16/h1-13,32H,(H,28,29)(H,30,31). The van der Waals surface area contributed by atoms with Crippen molar-refractivity contribution in [3.63, 3.8) is 0 Å². The predicted octanol–water partition coefficient (Wildman–Crippen LogP) is 5.68. The third-order valence-electron chi connectivity index (χ3n) is 5.49. The van der Waals surface area contributed by atoms with Crippen LogP contribution in [0.4, 0.5) is 4.39 Å². The van der Waals surface area contributed by atoms with E-state index in [2.05, 4.69) is 20.2 Å². The zero-order chi connectivity index (χ0) is 21.7. The Morgan fingerprint density at radius 3 is 2.59 bits per heavy atom. The zero-order valence-electron chi connectivity index (χ0n) is 16.7. The molecule has 6 nitrogen and oxygen atoms in total. The van der Waals surface area contributed by atoms with Crippen LogP contribution in [-0.2, 0) is 0 Å². The number of para-hydroxylation sites is 1. The smallest absolute Gasteiger partial charge is 0.159 e. The van der Waals surface area contributed by atoms with E-state index in [1.807, 2.05) is 42.5 Å². The molecule has 3 heterocycles. The number of aromatic nitrogens is 5. The second-order valence-electron chi connectivity index (χ2n) is 7.56. The molecule has 3 aromatic heterocycles. The molecule has 0 radical (unpaired) electrons. The first-order chi connectivity index (χ1) is 15.7. The highest BCUT2D eigenvalue weighted by molar-refractivity contribution is 5.98. The lowest BCUT2D eigenvalue weighted by Crippen LogP contribution is -1.84. The summed E-state index contributed by atoms with van der Waals surface area (Å²) in [5.74, 6) is 0.431. The zero-order valence-corrected chi connectivity index (χ0v) is 16.7. The Morgan fingerprint density at radius 1 is 0.812 bits per heavy atom. The Labute approximate surface area is 181 Å². The SMILES string of the molecule is Oc1cncc(-c2ccc3[nH]nc(-c4nc5c(-c6cccc(F)c6)cccc5[nH]4)c3c2)c1. The number of pyridine rings is 1. The normalized spacial score (nSPS) is 11.4. The van der Waals surface area contributed by atoms with Crippen molar-refractivity contribution < 1.29 is 9.50 Å². The van der Waals surface area contributed by atoms with Crippen LogP contribution >= 0.6 is 0 Å². The number of fused-ring (bicyclic) bond motifs is 2. The van der Waals surface area contributed by atoms with Gasteiger partial charge in [0.25, 0.3) is 0 Å². The van der Waals surface area contributed by atoms with Gasteiger partial charge >= 0.3 is 0 Å². The minimum atomic E-state index is -0.289. The Kier molecular flexibility index (Phi) is 4.01. The van der Waals surface area contributed by atoms with Gasteiger partial charge in [-0.15, -0.1) is 0 Å². The molecular formula is C25H16FN5O. The van der Waals surface area contributed by atoms with Crippen LogP contribution in [0.25, 0.3) is 55.7 Å². The van der Waals surface area contributed by atoms with Gasteiger partial charge in [0.1, 0.15) is 17.3 Å². The Bertz CT molecular complexity index is 1620. The lowest BCUT2D eigenvalue weighted by Gasteiger charge is -2.02. The largest absolute Gasteiger partial charge is 0.506 e. The molecular weight excluding hydrogens is 405 g/mol. The first kappa shape index (κ1) is 18.3. The van der Waals surface area contributed by atoms with Crippen LogP contribution in [0.5, 0.6) is 5.75 Å². The van der Waals surface area contributed by atoms with Gasteiger partial charge in [0.2, 0.25) is 0 Å². The van der Waals surface area contributed by atoms with Crippen molar-refractivity contribution in [2.75, 3.05) is 0 Å². The minimum absolute atomic E-state index is 0.108. The Balaban J connectivity index is 1.51. The average Bonchev–Trinajstić information content (AvgIpc) is 3.42. The van der Waals surface area contributed by atoms with Crippen LogP contribution in [0.2, 0.25) is 0 Å². The third kappa shape index (κ3) is 2.99. The summed E-state index contributed by atoms with van der Waals surface area (Å²) in [5, 5.41) is 18.2. The molecule has 3 aromatic carbocycles. The van der Waals surface area contributed by atoms with E-state index in [9.17, 15) is 9.50 Å². The van der Waals surface area contributed by atoms with Crippen molar-refractivity contribution in [1.29, 1.82) is 0 Å². The number of benzene rings is 3. The van der Waals surface area contributed by atoms with Crippen molar-refractivity contribution >= 4 is 21.9 Å². The van der Waals surface area contributed by atoms with Crippen molar-refractivity contribution in [2.24, 2.45) is 0 Å². The van der Waals surface area contributed by atoms with Gasteiger partial charge in [0, 0.05) is 22.7 Å². The predicted molar refractivity (Wildman–Crippen MR) is 121 cm³/mol. The van der Waals surface area contributed by atoms with Gasteiger partial charge < -0.3 is 10.1 Å². The topological polar surface area (TPSA) is 90.5 Å². The number of nitrogens with one attached hydrogen (secondary N) is 2. The number of H-pyrrole nitrogens is 2. The average molecular weight is 421 g/mol. The summed E-state index contributed by atoms with van der Waals surface area (Å²) in [5.41, 5.74) is 6.44. The molecule has 154 valence electrons. The molecule has 6 rings (SSSR count). The summed E-state index contributed by atoms with van der Waals surface area (Å²) in [6.07, 6.45) is 3.10. The summed E-state index contributed by atoms with van der Waals surface area (Å²) >= 11 is 0. The molecule has 0 atom stereocenters. The molecule has 0 aliphatic heterocycles. The van der Waals surface area contributed by atoms with Crippen LogP contribution in [0, 0.1) is 5.82 Å². The van der Waals surface area contributed by atoms with E-state index in [1.54, 1.807) is 18.3 Å². The molecule has 0 unspecified atom stereocenters. The van der Waals surface area contributed by atoms with E-state index in [0.29, 0.717) is 11.5 Å². The third-order valence-corrected chi connectivity index (χ3v) is 5.49. The quantitative estimate of drug-likeness (QED) is 0.343.